The number of hydrogen-bond donors (Lipinski definition) is 7. The molecule has 0 unspecified atom stereocenters. The van der Waals surface area contributed by atoms with E-state index < -0.39 is 29.4 Å². The molecular weight excluding hydrogens is 712 g/mol. The quantitative estimate of drug-likeness (QED) is 0.0890. The molecule has 56 heavy (non-hydrogen) atoms. The van der Waals surface area contributed by atoms with Crippen molar-refractivity contribution in [3.63, 3.8) is 0 Å². The van der Waals surface area contributed by atoms with Gasteiger partial charge >= 0.3 is 17.9 Å². The number of aryl methyl sites for hydroxylation is 1. The fraction of sp³-hybridized carbons (Fsp3) is 0.0652. The van der Waals surface area contributed by atoms with Gasteiger partial charge in [-0.2, -0.15) is 0 Å². The van der Waals surface area contributed by atoms with Gasteiger partial charge in [0, 0.05) is 22.3 Å². The van der Waals surface area contributed by atoms with Crippen LogP contribution in [0.1, 0.15) is 51.5 Å². The number of hydrogen-bond acceptors (Lipinski definition) is 7. The fourth-order valence-corrected chi connectivity index (χ4v) is 6.99. The second-order valence-corrected chi connectivity index (χ2v) is 12.7. The number of carboxylic acids is 3. The van der Waals surface area contributed by atoms with Crippen LogP contribution in [0.25, 0.3) is 65.3 Å². The fourth-order valence-electron chi connectivity index (χ4n) is 6.99. The monoisotopic (exact) mass is 750 g/mol. The van der Waals surface area contributed by atoms with Crippen LogP contribution < -0.4 is 0 Å². The molecule has 0 spiro atoms. The maximum Gasteiger partial charge on any atom is 0.339 e. The lowest BCUT2D eigenvalue weighted by atomic mass is 9.89. The van der Waals surface area contributed by atoms with Gasteiger partial charge in [0.1, 0.15) is 39.7 Å². The van der Waals surface area contributed by atoms with Crippen LogP contribution in [0.5, 0.6) is 23.0 Å². The molecule has 10 heteroatoms. The van der Waals surface area contributed by atoms with E-state index in [4.69, 9.17) is 0 Å². The molecule has 0 bridgehead atoms. The summed E-state index contributed by atoms with van der Waals surface area (Å²) in [5, 5.41) is 76.8. The number of rotatable bonds is 5. The molecule has 282 valence electrons. The van der Waals surface area contributed by atoms with Crippen molar-refractivity contribution in [2.45, 2.75) is 21.8 Å². The third kappa shape index (κ3) is 6.60. The van der Waals surface area contributed by atoms with Crippen molar-refractivity contribution in [1.82, 2.24) is 0 Å². The van der Waals surface area contributed by atoms with Gasteiger partial charge in [-0.05, 0) is 79.8 Å². The zero-order chi connectivity index (χ0) is 38.4. The molecule has 0 aliphatic heterocycles. The van der Waals surface area contributed by atoms with Crippen molar-refractivity contribution in [3.05, 3.63) is 144 Å². The molecule has 0 heterocycles. The van der Waals surface area contributed by atoms with Crippen LogP contribution in [-0.2, 0) is 0 Å². The molecular formula is C46H38O10. The van der Waals surface area contributed by atoms with E-state index in [1.54, 1.807) is 61.5 Å². The van der Waals surface area contributed by atoms with E-state index in [0.29, 0.717) is 49.0 Å². The van der Waals surface area contributed by atoms with Crippen LogP contribution >= 0.6 is 0 Å². The van der Waals surface area contributed by atoms with Gasteiger partial charge in [-0.25, -0.2) is 14.4 Å². The minimum absolute atomic E-state index is 0. The van der Waals surface area contributed by atoms with Gasteiger partial charge in [0.15, 0.2) is 0 Å². The van der Waals surface area contributed by atoms with Gasteiger partial charge in [-0.15, -0.1) is 0 Å². The Morgan fingerprint density at radius 1 is 0.375 bits per heavy atom. The topological polar surface area (TPSA) is 193 Å². The maximum atomic E-state index is 11.7. The average molecular weight is 751 g/mol. The van der Waals surface area contributed by atoms with Gasteiger partial charge in [-0.3, -0.25) is 0 Å². The van der Waals surface area contributed by atoms with Crippen molar-refractivity contribution in [2.24, 2.45) is 0 Å². The molecule has 8 aromatic carbocycles. The number of aromatic carboxylic acids is 3. The average Bonchev–Trinajstić information content (AvgIpc) is 3.15. The summed E-state index contributed by atoms with van der Waals surface area (Å²) >= 11 is 0. The second kappa shape index (κ2) is 15.4. The minimum atomic E-state index is -1.33. The van der Waals surface area contributed by atoms with E-state index in [2.05, 4.69) is 0 Å². The number of fused-ring (bicyclic) bond motifs is 4. The largest absolute Gasteiger partial charge is 0.507 e. The number of phenolic OH excluding ortho intramolecular Hbond substituents is 1. The summed E-state index contributed by atoms with van der Waals surface area (Å²) in [6.07, 6.45) is 0. The first-order valence-electron chi connectivity index (χ1n) is 16.5. The molecule has 0 saturated carbocycles. The molecule has 8 rings (SSSR count). The summed E-state index contributed by atoms with van der Waals surface area (Å²) in [7, 11) is 0. The summed E-state index contributed by atoms with van der Waals surface area (Å²) in [6, 6.07) is 34.4. The number of phenols is 4. The lowest BCUT2D eigenvalue weighted by molar-refractivity contribution is 0.0682. The van der Waals surface area contributed by atoms with E-state index in [9.17, 15) is 50.1 Å². The Bertz CT molecular complexity index is 2770. The summed E-state index contributed by atoms with van der Waals surface area (Å²) in [4.78, 5) is 35.0. The zero-order valence-electron chi connectivity index (χ0n) is 28.4. The van der Waals surface area contributed by atoms with Crippen LogP contribution in [0.3, 0.4) is 0 Å². The number of carboxylic acid groups (broad SMARTS) is 3. The first kappa shape index (κ1) is 39.6. The number of benzene rings is 8. The van der Waals surface area contributed by atoms with Crippen molar-refractivity contribution in [1.29, 1.82) is 0 Å². The van der Waals surface area contributed by atoms with E-state index in [-0.39, 0.29) is 54.2 Å². The summed E-state index contributed by atoms with van der Waals surface area (Å²) < 4.78 is 0. The molecule has 7 N–H and O–H groups in total. The number of carbonyl (C=O) groups is 3. The number of aromatic hydroxyl groups is 4. The molecule has 0 aliphatic carbocycles. The lowest BCUT2D eigenvalue weighted by Gasteiger charge is -2.17. The molecule has 0 fully saturated rings. The highest BCUT2D eigenvalue weighted by atomic mass is 16.4. The van der Waals surface area contributed by atoms with Crippen LogP contribution in [-0.4, -0.2) is 53.7 Å². The van der Waals surface area contributed by atoms with Gasteiger partial charge in [0.2, 0.25) is 0 Å². The maximum absolute atomic E-state index is 11.7. The zero-order valence-corrected chi connectivity index (χ0v) is 28.4. The van der Waals surface area contributed by atoms with Crippen molar-refractivity contribution >= 4 is 61.0 Å². The Labute approximate surface area is 321 Å². The van der Waals surface area contributed by atoms with Gasteiger partial charge in [0.25, 0.3) is 0 Å². The van der Waals surface area contributed by atoms with Crippen LogP contribution in [0.15, 0.2) is 121 Å². The Hall–Kier alpha value is -7.59. The van der Waals surface area contributed by atoms with Crippen LogP contribution in [0.4, 0.5) is 0 Å². The Kier molecular flexibility index (Phi) is 10.9. The summed E-state index contributed by atoms with van der Waals surface area (Å²) in [5.41, 5.74) is 0.720. The van der Waals surface area contributed by atoms with Gasteiger partial charge < -0.3 is 35.7 Å². The molecule has 0 radical (unpaired) electrons. The van der Waals surface area contributed by atoms with Crippen molar-refractivity contribution < 1.29 is 50.1 Å². The molecule has 10 nitrogen and oxygen atoms in total. The normalized spacial score (nSPS) is 10.7. The molecule has 0 atom stereocenters. The molecule has 0 aromatic heterocycles. The van der Waals surface area contributed by atoms with Crippen molar-refractivity contribution in [3.8, 4) is 45.3 Å². The SMILES string of the molecule is C.C.Cc1cc2ccccc2c(-c2c(O)c(C(=O)O)cc3ccccc23)c1O.O=C(O)c1cc2ccccc2c(-c2c(O)c(C(=O)O)cc3ccccc23)c1O. The second-order valence-electron chi connectivity index (χ2n) is 12.7. The predicted molar refractivity (Wildman–Crippen MR) is 220 cm³/mol. The van der Waals surface area contributed by atoms with Gasteiger partial charge in [-0.1, -0.05) is 112 Å². The Morgan fingerprint density at radius 2 is 0.607 bits per heavy atom. The molecule has 8 aromatic rings. The highest BCUT2D eigenvalue weighted by Crippen LogP contribution is 2.49. The highest BCUT2D eigenvalue weighted by molar-refractivity contribution is 6.16. The third-order valence-corrected chi connectivity index (χ3v) is 9.47. The highest BCUT2D eigenvalue weighted by Gasteiger charge is 2.26. The smallest absolute Gasteiger partial charge is 0.339 e. The van der Waals surface area contributed by atoms with E-state index >= 15 is 0 Å². The van der Waals surface area contributed by atoms with E-state index in [1.165, 1.54) is 18.2 Å². The minimum Gasteiger partial charge on any atom is -0.507 e. The molecule has 0 aliphatic rings. The summed E-state index contributed by atoms with van der Waals surface area (Å²) in [5.74, 6) is -5.26. The predicted octanol–water partition coefficient (Wildman–Crippen LogP) is 10.8. The summed E-state index contributed by atoms with van der Waals surface area (Å²) in [6.45, 7) is 1.78. The van der Waals surface area contributed by atoms with E-state index in [0.717, 1.165) is 10.8 Å². The third-order valence-electron chi connectivity index (χ3n) is 9.47. The first-order chi connectivity index (χ1) is 25.9. The van der Waals surface area contributed by atoms with E-state index in [1.807, 2.05) is 48.5 Å². The van der Waals surface area contributed by atoms with Crippen molar-refractivity contribution in [2.75, 3.05) is 0 Å². The van der Waals surface area contributed by atoms with Crippen LogP contribution in [0, 0.1) is 6.92 Å². The molecule has 0 amide bonds. The Balaban J connectivity index is 0.000000207. The Morgan fingerprint density at radius 3 is 0.875 bits per heavy atom. The lowest BCUT2D eigenvalue weighted by Crippen LogP contribution is -2.01. The molecule has 0 saturated heterocycles. The first-order valence-corrected chi connectivity index (χ1v) is 16.5. The van der Waals surface area contributed by atoms with Crippen LogP contribution in [0.2, 0.25) is 0 Å². The van der Waals surface area contributed by atoms with Gasteiger partial charge in [0.05, 0.1) is 0 Å². The standard InChI is InChI=1S/C22H14O6.C22H16O4.2CH4/c23-19-15(21(25)26)9-11-5-1-3-7-13(11)17(19)18-14-8-4-2-6-12(14)10-16(20(18)24)22(27)28;1-12-10-13-6-2-4-8-15(13)18(20(12)23)19-16-9-5-3-7-14(16)11-17(21(19)24)22(25)26;;/h1-10,23-24H,(H,25,26)(H,27,28);2-11,23-24H,1H3,(H,25,26);2*1H4.